The summed E-state index contributed by atoms with van der Waals surface area (Å²) >= 11 is 0. The molecule has 2 heterocycles. The molecule has 0 saturated carbocycles. The van der Waals surface area contributed by atoms with Crippen molar-refractivity contribution in [1.29, 1.82) is 0 Å². The van der Waals surface area contributed by atoms with Crippen molar-refractivity contribution in [3.8, 4) is 11.1 Å². The van der Waals surface area contributed by atoms with Crippen LogP contribution < -0.4 is 16.4 Å². The van der Waals surface area contributed by atoms with Crippen LogP contribution in [0.1, 0.15) is 40.9 Å². The van der Waals surface area contributed by atoms with E-state index in [4.69, 9.17) is 15.9 Å². The van der Waals surface area contributed by atoms with E-state index in [1.807, 2.05) is 36.4 Å². The number of aromatic nitrogens is 3. The van der Waals surface area contributed by atoms with Crippen molar-refractivity contribution in [2.75, 3.05) is 45.9 Å². The molecule has 21 nitrogen and oxygen atoms in total. The number of carbonyl (C=O) groups excluding carboxylic acids is 2. The van der Waals surface area contributed by atoms with Crippen LogP contribution >= 0.6 is 0 Å². The molecule has 0 unspecified atom stereocenters. The van der Waals surface area contributed by atoms with Gasteiger partial charge >= 0.3 is 0 Å². The third-order valence-electron chi connectivity index (χ3n) is 10.3. The van der Waals surface area contributed by atoms with Crippen LogP contribution in [0.5, 0.6) is 0 Å². The Morgan fingerprint density at radius 1 is 0.746 bits per heavy atom. The Bertz CT molecular complexity index is 2040. The van der Waals surface area contributed by atoms with Gasteiger partial charge < -0.3 is 67.1 Å². The first-order valence-corrected chi connectivity index (χ1v) is 20.4. The van der Waals surface area contributed by atoms with E-state index in [1.54, 1.807) is 12.3 Å². The maximum Gasteiger partial charge on any atom is 0.280 e. The number of benzene rings is 2. The molecule has 15 N–H and O–H groups in total. The maximum atomic E-state index is 12.7. The predicted octanol–water partition coefficient (Wildman–Crippen LogP) is -2.75. The average molecular weight is 882 g/mol. The number of hydrogen-bond donors (Lipinski definition) is 14. The summed E-state index contributed by atoms with van der Waals surface area (Å²) in [4.78, 5) is 46.2. The van der Waals surface area contributed by atoms with Crippen molar-refractivity contribution in [1.82, 2.24) is 30.5 Å². The first-order chi connectivity index (χ1) is 30.1. The Labute approximate surface area is 363 Å². The van der Waals surface area contributed by atoms with Crippen LogP contribution in [-0.2, 0) is 17.6 Å². The number of H-pyrrole nitrogens is 1. The van der Waals surface area contributed by atoms with Gasteiger partial charge in [-0.25, -0.2) is 15.0 Å². The van der Waals surface area contributed by atoms with Crippen LogP contribution in [0.15, 0.2) is 70.8 Å². The van der Waals surface area contributed by atoms with Gasteiger partial charge in [-0.15, -0.1) is 0 Å². The van der Waals surface area contributed by atoms with Gasteiger partial charge in [-0.3, -0.25) is 24.8 Å². The van der Waals surface area contributed by atoms with Gasteiger partial charge in [-0.2, -0.15) is 0 Å². The van der Waals surface area contributed by atoms with E-state index < -0.39 is 81.0 Å². The SMILES string of the molecule is C=Nc1nc2[nH]ccc2nc1C(=O)NC(N)=NCCCCc1ccc(-c2ccc(CCC(=O)NCCN(C[C@H](O)[C@@H](O)[C@H](O)[C@H](O)CO)C[C@H](O)[C@@H](O)[C@H](O)[C@H](O)CO)cc2)cc1. The van der Waals surface area contributed by atoms with Crippen LogP contribution in [-0.4, -0.2) is 190 Å². The number of fused-ring (bicyclic) bond motifs is 1. The molecule has 0 aliphatic carbocycles. The Hall–Kier alpha value is -5.30. The highest BCUT2D eigenvalue weighted by atomic mass is 16.4. The minimum atomic E-state index is -1.92. The van der Waals surface area contributed by atoms with E-state index >= 15 is 0 Å². The van der Waals surface area contributed by atoms with Crippen LogP contribution in [0.4, 0.5) is 5.82 Å². The van der Waals surface area contributed by atoms with Crippen molar-refractivity contribution >= 4 is 41.5 Å². The fourth-order valence-electron chi connectivity index (χ4n) is 6.54. The number of nitrogens with zero attached hydrogens (tertiary/aromatic N) is 5. The molecule has 4 rings (SSSR count). The summed E-state index contributed by atoms with van der Waals surface area (Å²) in [5, 5.41) is 104. The number of amides is 2. The van der Waals surface area contributed by atoms with Crippen LogP contribution in [0.3, 0.4) is 0 Å². The number of hydrogen-bond acceptors (Lipinski definition) is 17. The molecule has 0 spiro atoms. The van der Waals surface area contributed by atoms with E-state index in [-0.39, 0.29) is 42.9 Å². The molecular weight excluding hydrogens is 823 g/mol. The molecule has 344 valence electrons. The first-order valence-electron chi connectivity index (χ1n) is 20.4. The fraction of sp³-hybridized carbons (Fsp3) is 0.476. The van der Waals surface area contributed by atoms with E-state index in [9.17, 15) is 50.4 Å². The van der Waals surface area contributed by atoms with Gasteiger partial charge in [-0.05, 0) is 60.7 Å². The van der Waals surface area contributed by atoms with Crippen molar-refractivity contribution in [2.45, 2.75) is 80.9 Å². The molecule has 0 aliphatic heterocycles. The minimum absolute atomic E-state index is 0.00904. The molecule has 2 amide bonds. The van der Waals surface area contributed by atoms with Crippen LogP contribution in [0.2, 0.25) is 0 Å². The largest absolute Gasteiger partial charge is 0.394 e. The molecular formula is C42H59N9O12. The summed E-state index contributed by atoms with van der Waals surface area (Å²) in [6.45, 7) is 1.15. The zero-order valence-corrected chi connectivity index (χ0v) is 34.7. The predicted molar refractivity (Wildman–Crippen MR) is 232 cm³/mol. The number of aromatic amines is 1. The van der Waals surface area contributed by atoms with Gasteiger partial charge in [0.25, 0.3) is 5.91 Å². The minimum Gasteiger partial charge on any atom is -0.394 e. The fourth-order valence-corrected chi connectivity index (χ4v) is 6.54. The monoisotopic (exact) mass is 881 g/mol. The summed E-state index contributed by atoms with van der Waals surface area (Å²) < 4.78 is 0. The highest BCUT2D eigenvalue weighted by Crippen LogP contribution is 2.22. The lowest BCUT2D eigenvalue weighted by atomic mass is 9.99. The first kappa shape index (κ1) is 50.3. The highest BCUT2D eigenvalue weighted by Gasteiger charge is 2.34. The van der Waals surface area contributed by atoms with Gasteiger partial charge in [0.15, 0.2) is 23.1 Å². The molecule has 4 aromatic rings. The van der Waals surface area contributed by atoms with Gasteiger partial charge in [0.05, 0.1) is 25.4 Å². The van der Waals surface area contributed by atoms with E-state index in [2.05, 4.69) is 54.4 Å². The highest BCUT2D eigenvalue weighted by molar-refractivity contribution is 6.07. The Kier molecular flexibility index (Phi) is 20.1. The van der Waals surface area contributed by atoms with E-state index in [0.29, 0.717) is 24.1 Å². The quantitative estimate of drug-likeness (QED) is 0.0173. The third-order valence-corrected chi connectivity index (χ3v) is 10.3. The molecule has 0 radical (unpaired) electrons. The summed E-state index contributed by atoms with van der Waals surface area (Å²) in [5.41, 5.74) is 11.0. The number of carbonyl (C=O) groups is 2. The van der Waals surface area contributed by atoms with Crippen LogP contribution in [0, 0.1) is 0 Å². The Balaban J connectivity index is 1.19. The van der Waals surface area contributed by atoms with Crippen molar-refractivity contribution < 1.29 is 60.7 Å². The number of nitrogens with one attached hydrogen (secondary N) is 3. The number of rotatable bonds is 26. The Morgan fingerprint density at radius 3 is 1.83 bits per heavy atom. The molecule has 0 saturated heterocycles. The smallest absolute Gasteiger partial charge is 0.280 e. The number of unbranched alkanes of at least 4 members (excludes halogenated alkanes) is 1. The molecule has 8 atom stereocenters. The number of guanidine groups is 1. The summed E-state index contributed by atoms with van der Waals surface area (Å²) in [7, 11) is 0. The second-order valence-corrected chi connectivity index (χ2v) is 15.0. The second-order valence-electron chi connectivity index (χ2n) is 15.0. The van der Waals surface area contributed by atoms with E-state index in [1.165, 1.54) is 4.90 Å². The number of aliphatic hydroxyl groups is 10. The van der Waals surface area contributed by atoms with Gasteiger partial charge in [0.1, 0.15) is 42.1 Å². The number of aliphatic hydroxyl groups excluding tert-OH is 10. The maximum absolute atomic E-state index is 12.7. The lowest BCUT2D eigenvalue weighted by molar-refractivity contribution is -0.130. The molecule has 0 bridgehead atoms. The van der Waals surface area contributed by atoms with Crippen molar-refractivity contribution in [2.24, 2.45) is 15.7 Å². The summed E-state index contributed by atoms with van der Waals surface area (Å²) in [5.74, 6) is -0.849. The summed E-state index contributed by atoms with van der Waals surface area (Å²) in [6.07, 6.45) is -9.99. The topological polar surface area (TPSA) is 356 Å². The third kappa shape index (κ3) is 15.2. The van der Waals surface area contributed by atoms with Crippen molar-refractivity contribution in [3.63, 3.8) is 0 Å². The van der Waals surface area contributed by atoms with Crippen LogP contribution in [0.25, 0.3) is 22.3 Å². The number of nitrogens with two attached hydrogens (primary N) is 1. The zero-order valence-electron chi connectivity index (χ0n) is 34.7. The normalized spacial score (nSPS) is 15.9. The molecule has 2 aromatic carbocycles. The van der Waals surface area contributed by atoms with Crippen molar-refractivity contribution in [3.05, 3.63) is 77.6 Å². The molecule has 0 fully saturated rings. The number of aliphatic imine (C=N–C) groups is 2. The molecule has 63 heavy (non-hydrogen) atoms. The lowest BCUT2D eigenvalue weighted by Crippen LogP contribution is -2.54. The second kappa shape index (κ2) is 25.1. The Morgan fingerprint density at radius 2 is 1.29 bits per heavy atom. The van der Waals surface area contributed by atoms with Gasteiger partial charge in [0.2, 0.25) is 5.91 Å². The zero-order chi connectivity index (χ0) is 46.1. The average Bonchev–Trinajstić information content (AvgIpc) is 3.76. The summed E-state index contributed by atoms with van der Waals surface area (Å²) in [6, 6.07) is 17.7. The standard InChI is InChI=1S/C42H59N9O12/c1-44-40-34(48-28-15-17-46-39(28)49-40)41(63)50-42(43)47-16-3-2-4-24-5-10-26(11-6-24)27-12-7-25(8-13-27)9-14-33(58)45-18-19-51(20-29(54)35(59)37(61)31(56)22-52)21-30(55)36(60)38(62)32(57)23-53/h5-8,10-13,15,17,29-32,35-38,52-57,59-62H,1-4,9,14,16,18-23H2,(H,45,58)(H,46,49)(H3,43,47,50,63)/t29-,30-,31+,32+,35+,36+,37+,38+/m0/s1. The van der Waals surface area contributed by atoms with Gasteiger partial charge in [0, 0.05) is 45.3 Å². The van der Waals surface area contributed by atoms with Gasteiger partial charge in [-0.1, -0.05) is 48.5 Å². The molecule has 2 aromatic heterocycles. The van der Waals surface area contributed by atoms with E-state index in [0.717, 1.165) is 41.5 Å². The number of aryl methyl sites for hydroxylation is 2. The molecule has 0 aliphatic rings. The lowest BCUT2D eigenvalue weighted by Gasteiger charge is -2.33. The molecule has 21 heteroatoms.